The van der Waals surface area contributed by atoms with Crippen molar-refractivity contribution in [3.05, 3.63) is 35.7 Å². The van der Waals surface area contributed by atoms with Gasteiger partial charge in [-0.05, 0) is 6.92 Å². The molecule has 19 heavy (non-hydrogen) atoms. The number of rotatable bonds is 3. The van der Waals surface area contributed by atoms with Crippen molar-refractivity contribution in [3.63, 3.8) is 0 Å². The average Bonchev–Trinajstić information content (AvgIpc) is 2.27. The van der Waals surface area contributed by atoms with Crippen molar-refractivity contribution >= 4 is 16.1 Å². The first-order valence-electron chi connectivity index (χ1n) is 4.58. The van der Waals surface area contributed by atoms with Crippen LogP contribution in [0.2, 0.25) is 0 Å². The second-order valence-corrected chi connectivity index (χ2v) is 4.85. The van der Waals surface area contributed by atoms with Crippen molar-refractivity contribution in [1.29, 1.82) is 0 Å². The number of halogens is 3. The minimum atomic E-state index is -5.15. The van der Waals surface area contributed by atoms with Gasteiger partial charge in [0.2, 0.25) is 11.6 Å². The van der Waals surface area contributed by atoms with Crippen LogP contribution in [0, 0.1) is 17.5 Å². The molecule has 1 N–H and O–H groups in total. The van der Waals surface area contributed by atoms with Gasteiger partial charge >= 0.3 is 5.97 Å². The number of benzene rings is 1. The molecule has 0 aliphatic carbocycles. The van der Waals surface area contributed by atoms with E-state index in [0.29, 0.717) is 0 Å². The molecule has 0 bridgehead atoms. The topological polar surface area (TPSA) is 80.7 Å². The lowest BCUT2D eigenvalue weighted by Gasteiger charge is -2.08. The predicted octanol–water partition coefficient (Wildman–Crippen LogP) is 1.83. The van der Waals surface area contributed by atoms with Gasteiger partial charge in [0.25, 0.3) is 10.1 Å². The van der Waals surface area contributed by atoms with Crippen molar-refractivity contribution in [2.75, 3.05) is 0 Å². The number of hydrogen-bond acceptors (Lipinski definition) is 4. The summed E-state index contributed by atoms with van der Waals surface area (Å²) in [5.74, 6) is -8.42. The molecule has 0 radical (unpaired) electrons. The normalized spacial score (nSPS) is 11.2. The summed E-state index contributed by atoms with van der Waals surface area (Å²) < 4.78 is 74.1. The first kappa shape index (κ1) is 15.2. The van der Waals surface area contributed by atoms with Crippen molar-refractivity contribution in [1.82, 2.24) is 0 Å². The van der Waals surface area contributed by atoms with Gasteiger partial charge in [-0.2, -0.15) is 12.8 Å². The molecule has 0 spiro atoms. The van der Waals surface area contributed by atoms with Crippen LogP contribution in [0.5, 0.6) is 5.75 Å². The van der Waals surface area contributed by atoms with E-state index in [1.165, 1.54) is 6.92 Å². The van der Waals surface area contributed by atoms with Crippen LogP contribution < -0.4 is 4.74 Å². The fourth-order valence-corrected chi connectivity index (χ4v) is 1.59. The maximum absolute atomic E-state index is 13.4. The predicted molar refractivity (Wildman–Crippen MR) is 56.6 cm³/mol. The van der Waals surface area contributed by atoms with E-state index in [-0.39, 0.29) is 11.6 Å². The Hall–Kier alpha value is -1.87. The average molecular weight is 296 g/mol. The summed E-state index contributed by atoms with van der Waals surface area (Å²) in [5.41, 5.74) is -0.210. The number of carbonyl (C=O) groups is 1. The first-order valence-corrected chi connectivity index (χ1v) is 6.02. The molecule has 0 atom stereocenters. The summed E-state index contributed by atoms with van der Waals surface area (Å²) in [5, 5.41) is 0. The van der Waals surface area contributed by atoms with E-state index in [9.17, 15) is 26.4 Å². The van der Waals surface area contributed by atoms with E-state index in [1.54, 1.807) is 0 Å². The van der Waals surface area contributed by atoms with E-state index in [1.807, 2.05) is 0 Å². The summed E-state index contributed by atoms with van der Waals surface area (Å²) in [6.45, 7) is 4.32. The Bertz CT molecular complexity index is 666. The van der Waals surface area contributed by atoms with Crippen LogP contribution in [-0.4, -0.2) is 18.9 Å². The maximum atomic E-state index is 13.4. The molecular formula is C10H7F3O5S. The molecule has 0 unspecified atom stereocenters. The van der Waals surface area contributed by atoms with E-state index >= 15 is 0 Å². The summed E-state index contributed by atoms with van der Waals surface area (Å²) in [4.78, 5) is 9.47. The Morgan fingerprint density at radius 1 is 1.32 bits per heavy atom. The van der Waals surface area contributed by atoms with Gasteiger partial charge in [0.1, 0.15) is 4.90 Å². The molecule has 0 fully saturated rings. The van der Waals surface area contributed by atoms with Crippen molar-refractivity contribution in [3.8, 4) is 5.75 Å². The lowest BCUT2D eigenvalue weighted by molar-refractivity contribution is -0.130. The van der Waals surface area contributed by atoms with Crippen molar-refractivity contribution < 1.29 is 35.7 Å². The Morgan fingerprint density at radius 3 is 2.26 bits per heavy atom. The van der Waals surface area contributed by atoms with E-state index < -0.39 is 44.2 Å². The molecule has 1 aromatic rings. The van der Waals surface area contributed by atoms with Gasteiger partial charge in [-0.25, -0.2) is 13.6 Å². The van der Waals surface area contributed by atoms with Gasteiger partial charge in [0, 0.05) is 11.6 Å². The molecule has 0 saturated heterocycles. The zero-order chi connectivity index (χ0) is 15.0. The minimum absolute atomic E-state index is 0.00518. The number of esters is 1. The molecule has 5 nitrogen and oxygen atoms in total. The number of hydrogen-bond donors (Lipinski definition) is 1. The quantitative estimate of drug-likeness (QED) is 0.302. The molecule has 0 amide bonds. The smallest absolute Gasteiger partial charge is 0.338 e. The Kier molecular flexibility index (Phi) is 4.01. The monoisotopic (exact) mass is 296 g/mol. The summed E-state index contributed by atoms with van der Waals surface area (Å²) >= 11 is 0. The highest BCUT2D eigenvalue weighted by Gasteiger charge is 2.27. The Balaban J connectivity index is 3.43. The van der Waals surface area contributed by atoms with Gasteiger partial charge in [-0.3, -0.25) is 4.55 Å². The highest BCUT2D eigenvalue weighted by Crippen LogP contribution is 2.29. The van der Waals surface area contributed by atoms with Crippen LogP contribution in [0.3, 0.4) is 0 Å². The summed E-state index contributed by atoms with van der Waals surface area (Å²) in [7, 11) is -5.15. The molecular weight excluding hydrogens is 289 g/mol. The fraction of sp³-hybridized carbons (Fsp3) is 0.100. The molecule has 1 aromatic carbocycles. The maximum Gasteiger partial charge on any atom is 0.338 e. The van der Waals surface area contributed by atoms with E-state index in [4.69, 9.17) is 4.55 Å². The van der Waals surface area contributed by atoms with Crippen molar-refractivity contribution in [2.45, 2.75) is 11.8 Å². The molecule has 9 heteroatoms. The number of ether oxygens (including phenoxy) is 1. The molecule has 104 valence electrons. The molecule has 0 heterocycles. The fourth-order valence-electron chi connectivity index (χ4n) is 1.02. The van der Waals surface area contributed by atoms with Crippen LogP contribution in [0.15, 0.2) is 23.1 Å². The summed E-state index contributed by atoms with van der Waals surface area (Å²) in [6, 6.07) is -0.00518. The third kappa shape index (κ3) is 3.12. The molecule has 0 saturated carbocycles. The standard InChI is InChI=1S/C10H7F3O5S/c1-4(2)10(14)18-9-5(11)3-6(19(15,16)17)7(12)8(9)13/h3H,1H2,2H3,(H,15,16,17). The van der Waals surface area contributed by atoms with E-state index in [0.717, 1.165) is 0 Å². The van der Waals surface area contributed by atoms with Crippen LogP contribution in [0.1, 0.15) is 6.92 Å². The van der Waals surface area contributed by atoms with Gasteiger partial charge in [-0.1, -0.05) is 6.58 Å². The van der Waals surface area contributed by atoms with Gasteiger partial charge in [-0.15, -0.1) is 0 Å². The largest absolute Gasteiger partial charge is 0.417 e. The Labute approximate surface area is 106 Å². The highest BCUT2D eigenvalue weighted by molar-refractivity contribution is 7.85. The lowest BCUT2D eigenvalue weighted by Crippen LogP contribution is -2.13. The van der Waals surface area contributed by atoms with Crippen molar-refractivity contribution in [2.24, 2.45) is 0 Å². The molecule has 0 aromatic heterocycles. The third-order valence-electron chi connectivity index (χ3n) is 1.90. The highest BCUT2D eigenvalue weighted by atomic mass is 32.2. The zero-order valence-corrected chi connectivity index (χ0v) is 10.2. The second kappa shape index (κ2) is 5.02. The van der Waals surface area contributed by atoms with Crippen LogP contribution in [0.4, 0.5) is 13.2 Å². The third-order valence-corrected chi connectivity index (χ3v) is 2.76. The van der Waals surface area contributed by atoms with Crippen LogP contribution in [-0.2, 0) is 14.9 Å². The van der Waals surface area contributed by atoms with Crippen LogP contribution in [0.25, 0.3) is 0 Å². The van der Waals surface area contributed by atoms with Gasteiger partial charge in [0.05, 0.1) is 0 Å². The van der Waals surface area contributed by atoms with Gasteiger partial charge < -0.3 is 4.74 Å². The van der Waals surface area contributed by atoms with E-state index in [2.05, 4.69) is 11.3 Å². The zero-order valence-electron chi connectivity index (χ0n) is 9.41. The second-order valence-electron chi connectivity index (χ2n) is 3.46. The van der Waals surface area contributed by atoms with Gasteiger partial charge in [0.15, 0.2) is 11.6 Å². The first-order chi connectivity index (χ1) is 8.55. The molecule has 0 aliphatic heterocycles. The number of carbonyl (C=O) groups excluding carboxylic acids is 1. The SMILES string of the molecule is C=C(C)C(=O)Oc1c(F)cc(S(=O)(=O)O)c(F)c1F. The summed E-state index contributed by atoms with van der Waals surface area (Å²) in [6.07, 6.45) is 0. The molecule has 1 rings (SSSR count). The Morgan fingerprint density at radius 2 is 1.84 bits per heavy atom. The minimum Gasteiger partial charge on any atom is -0.417 e. The van der Waals surface area contributed by atoms with Crippen LogP contribution >= 0.6 is 0 Å². The lowest BCUT2D eigenvalue weighted by atomic mass is 10.3. The molecule has 0 aliphatic rings.